The summed E-state index contributed by atoms with van der Waals surface area (Å²) in [5.74, 6) is 1.64. The number of benzene rings is 1. The van der Waals surface area contributed by atoms with Gasteiger partial charge in [-0.15, -0.1) is 11.8 Å². The predicted octanol–water partition coefficient (Wildman–Crippen LogP) is 4.15. The molecule has 98 valence electrons. The van der Waals surface area contributed by atoms with E-state index in [0.717, 1.165) is 34.9 Å². The van der Waals surface area contributed by atoms with Gasteiger partial charge < -0.3 is 4.90 Å². The maximum atomic E-state index is 9.38. The van der Waals surface area contributed by atoms with E-state index in [2.05, 4.69) is 38.8 Å². The van der Waals surface area contributed by atoms with Crippen LogP contribution in [0.2, 0.25) is 0 Å². The van der Waals surface area contributed by atoms with Gasteiger partial charge in [0.2, 0.25) is 0 Å². The summed E-state index contributed by atoms with van der Waals surface area (Å²) in [5.41, 5.74) is 1.87. The summed E-state index contributed by atoms with van der Waals surface area (Å²) in [6.45, 7) is 7.55. The van der Waals surface area contributed by atoms with Gasteiger partial charge >= 0.3 is 0 Å². The lowest BCUT2D eigenvalue weighted by molar-refractivity contribution is 0.559. The molecule has 0 fully saturated rings. The van der Waals surface area contributed by atoms with Gasteiger partial charge in [0, 0.05) is 18.5 Å². The lowest BCUT2D eigenvalue weighted by atomic mass is 10.1. The maximum Gasteiger partial charge on any atom is 0.103 e. The van der Waals surface area contributed by atoms with Crippen LogP contribution < -0.4 is 4.90 Å². The number of nitriles is 1. The topological polar surface area (TPSA) is 27.0 Å². The van der Waals surface area contributed by atoms with Crippen LogP contribution in [-0.2, 0) is 0 Å². The van der Waals surface area contributed by atoms with E-state index in [1.165, 1.54) is 0 Å². The molecule has 0 bridgehead atoms. The van der Waals surface area contributed by atoms with Gasteiger partial charge in [0.25, 0.3) is 0 Å². The minimum Gasteiger partial charge on any atom is -0.373 e. The van der Waals surface area contributed by atoms with Gasteiger partial charge in [-0.25, -0.2) is 0 Å². The summed E-state index contributed by atoms with van der Waals surface area (Å²) >= 11 is 1.73. The molecule has 0 aliphatic heterocycles. The van der Waals surface area contributed by atoms with E-state index < -0.39 is 0 Å². The average molecular weight is 262 g/mol. The fourth-order valence-corrected chi connectivity index (χ4v) is 2.70. The molecular weight excluding hydrogens is 240 g/mol. The standard InChI is InChI=1S/C15H22N2S/c1-5-12(3)11-17(4)14-8-7-9-15(18-6-2)13(14)10-16/h7-9,12H,5-6,11H2,1-4H3. The zero-order valence-corrected chi connectivity index (χ0v) is 12.5. The Morgan fingerprint density at radius 2 is 2.11 bits per heavy atom. The molecule has 0 radical (unpaired) electrons. The second-order valence-electron chi connectivity index (χ2n) is 4.59. The van der Waals surface area contributed by atoms with Crippen LogP contribution in [0.1, 0.15) is 32.8 Å². The fourth-order valence-electron chi connectivity index (χ4n) is 1.92. The first-order chi connectivity index (χ1) is 8.63. The van der Waals surface area contributed by atoms with Crippen LogP contribution in [0, 0.1) is 17.2 Å². The third-order valence-corrected chi connectivity index (χ3v) is 4.05. The van der Waals surface area contributed by atoms with E-state index in [4.69, 9.17) is 0 Å². The van der Waals surface area contributed by atoms with E-state index in [0.29, 0.717) is 5.92 Å². The Morgan fingerprint density at radius 1 is 1.39 bits per heavy atom. The number of anilines is 1. The zero-order valence-electron chi connectivity index (χ0n) is 11.7. The Kier molecular flexibility index (Phi) is 6.07. The molecule has 18 heavy (non-hydrogen) atoms. The molecule has 0 spiro atoms. The quantitative estimate of drug-likeness (QED) is 0.721. The Bertz CT molecular complexity index is 423. The molecule has 0 saturated heterocycles. The molecule has 1 aromatic carbocycles. The Hall–Kier alpha value is -1.14. The second-order valence-corrected chi connectivity index (χ2v) is 5.89. The molecule has 0 N–H and O–H groups in total. The van der Waals surface area contributed by atoms with Crippen molar-refractivity contribution in [3.63, 3.8) is 0 Å². The molecule has 1 rings (SSSR count). The van der Waals surface area contributed by atoms with Crippen molar-refractivity contribution in [3.8, 4) is 6.07 Å². The van der Waals surface area contributed by atoms with Crippen LogP contribution in [0.15, 0.2) is 23.1 Å². The van der Waals surface area contributed by atoms with Crippen LogP contribution in [0.4, 0.5) is 5.69 Å². The summed E-state index contributed by atoms with van der Waals surface area (Å²) in [4.78, 5) is 3.29. The van der Waals surface area contributed by atoms with E-state index in [1.807, 2.05) is 18.2 Å². The van der Waals surface area contributed by atoms with Crippen molar-refractivity contribution >= 4 is 17.4 Å². The van der Waals surface area contributed by atoms with Gasteiger partial charge in [-0.1, -0.05) is 33.3 Å². The van der Waals surface area contributed by atoms with E-state index >= 15 is 0 Å². The molecule has 0 aliphatic rings. The van der Waals surface area contributed by atoms with Crippen molar-refractivity contribution in [2.45, 2.75) is 32.1 Å². The summed E-state index contributed by atoms with van der Waals surface area (Å²) < 4.78 is 0. The Labute approximate surface area is 115 Å². The summed E-state index contributed by atoms with van der Waals surface area (Å²) in [7, 11) is 2.07. The van der Waals surface area contributed by atoms with Gasteiger partial charge in [0.05, 0.1) is 11.3 Å². The highest BCUT2D eigenvalue weighted by Crippen LogP contribution is 2.30. The summed E-state index contributed by atoms with van der Waals surface area (Å²) in [6, 6.07) is 8.48. The van der Waals surface area contributed by atoms with E-state index in [1.54, 1.807) is 11.8 Å². The number of thioether (sulfide) groups is 1. The zero-order chi connectivity index (χ0) is 13.5. The average Bonchev–Trinajstić information content (AvgIpc) is 2.38. The molecule has 0 heterocycles. The highest BCUT2D eigenvalue weighted by Gasteiger charge is 2.13. The lowest BCUT2D eigenvalue weighted by Gasteiger charge is -2.24. The minimum atomic E-state index is 0.643. The van der Waals surface area contributed by atoms with Crippen molar-refractivity contribution < 1.29 is 0 Å². The van der Waals surface area contributed by atoms with Gasteiger partial charge in [-0.3, -0.25) is 0 Å². The predicted molar refractivity (Wildman–Crippen MR) is 80.3 cm³/mol. The largest absolute Gasteiger partial charge is 0.373 e. The second kappa shape index (κ2) is 7.33. The third-order valence-electron chi connectivity index (χ3n) is 3.11. The monoisotopic (exact) mass is 262 g/mol. The fraction of sp³-hybridized carbons (Fsp3) is 0.533. The van der Waals surface area contributed by atoms with Crippen LogP contribution in [0.3, 0.4) is 0 Å². The molecule has 3 heteroatoms. The molecule has 1 unspecified atom stereocenters. The van der Waals surface area contributed by atoms with Crippen molar-refractivity contribution in [2.24, 2.45) is 5.92 Å². The molecule has 1 atom stereocenters. The molecule has 2 nitrogen and oxygen atoms in total. The Morgan fingerprint density at radius 3 is 2.67 bits per heavy atom. The molecule has 0 saturated carbocycles. The first-order valence-electron chi connectivity index (χ1n) is 6.51. The van der Waals surface area contributed by atoms with Gasteiger partial charge in [0.15, 0.2) is 0 Å². The van der Waals surface area contributed by atoms with Crippen LogP contribution in [0.25, 0.3) is 0 Å². The first-order valence-corrected chi connectivity index (χ1v) is 7.49. The Balaban J connectivity index is 3.01. The minimum absolute atomic E-state index is 0.643. The van der Waals surface area contributed by atoms with Crippen LogP contribution >= 0.6 is 11.8 Å². The highest BCUT2D eigenvalue weighted by molar-refractivity contribution is 7.99. The van der Waals surface area contributed by atoms with Crippen LogP contribution in [-0.4, -0.2) is 19.3 Å². The summed E-state index contributed by atoms with van der Waals surface area (Å²) in [6.07, 6.45) is 1.16. The molecule has 0 amide bonds. The van der Waals surface area contributed by atoms with Crippen molar-refractivity contribution in [2.75, 3.05) is 24.2 Å². The van der Waals surface area contributed by atoms with Crippen LogP contribution in [0.5, 0.6) is 0 Å². The molecular formula is C15H22N2S. The highest BCUT2D eigenvalue weighted by atomic mass is 32.2. The van der Waals surface area contributed by atoms with Gasteiger partial charge in [-0.05, 0) is 23.8 Å². The molecule has 1 aromatic rings. The van der Waals surface area contributed by atoms with Crippen molar-refractivity contribution in [3.05, 3.63) is 23.8 Å². The van der Waals surface area contributed by atoms with Crippen molar-refractivity contribution in [1.82, 2.24) is 0 Å². The molecule has 0 aromatic heterocycles. The van der Waals surface area contributed by atoms with E-state index in [9.17, 15) is 5.26 Å². The normalized spacial score (nSPS) is 11.9. The van der Waals surface area contributed by atoms with Gasteiger partial charge in [-0.2, -0.15) is 5.26 Å². The first kappa shape index (κ1) is 14.9. The maximum absolute atomic E-state index is 9.38. The lowest BCUT2D eigenvalue weighted by Crippen LogP contribution is -2.24. The SMILES string of the molecule is CCSc1cccc(N(C)CC(C)CC)c1C#N. The third kappa shape index (κ3) is 3.68. The molecule has 0 aliphatic carbocycles. The number of rotatable bonds is 6. The number of nitrogens with zero attached hydrogens (tertiary/aromatic N) is 2. The number of hydrogen-bond donors (Lipinski definition) is 0. The smallest absolute Gasteiger partial charge is 0.103 e. The van der Waals surface area contributed by atoms with Crippen molar-refractivity contribution in [1.29, 1.82) is 5.26 Å². The van der Waals surface area contributed by atoms with Gasteiger partial charge in [0.1, 0.15) is 6.07 Å². The summed E-state index contributed by atoms with van der Waals surface area (Å²) in [5, 5.41) is 9.38. The van der Waals surface area contributed by atoms with E-state index in [-0.39, 0.29) is 0 Å². The number of hydrogen-bond acceptors (Lipinski definition) is 3.